The Hall–Kier alpha value is -2.29. The maximum absolute atomic E-state index is 11.2. The smallest absolute Gasteiger partial charge is 0.315 e. The lowest BCUT2D eigenvalue weighted by Crippen LogP contribution is -2.03. The number of benzene rings is 2. The molecule has 0 aliphatic carbocycles. The molecule has 0 aliphatic heterocycles. The average Bonchev–Trinajstić information content (AvgIpc) is 2.65. The average molecular weight is 429 g/mol. The fourth-order valence-corrected chi connectivity index (χ4v) is 3.29. The minimum Gasteiger partial charge on any atom is -0.468 e. The highest BCUT2D eigenvalue weighted by Crippen LogP contribution is 2.30. The van der Waals surface area contributed by atoms with Gasteiger partial charge in [0.2, 0.25) is 0 Å². The van der Waals surface area contributed by atoms with Crippen molar-refractivity contribution in [2.75, 3.05) is 12.9 Å². The van der Waals surface area contributed by atoms with E-state index in [1.165, 1.54) is 25.5 Å². The summed E-state index contributed by atoms with van der Waals surface area (Å²) >= 11 is 13.1. The second-order valence-corrected chi connectivity index (χ2v) is 6.89. The van der Waals surface area contributed by atoms with Gasteiger partial charge >= 0.3 is 5.97 Å². The molecule has 142 valence electrons. The molecule has 0 N–H and O–H groups in total. The molecule has 0 amide bonds. The van der Waals surface area contributed by atoms with E-state index < -0.39 is 10.9 Å². The number of halogens is 2. The van der Waals surface area contributed by atoms with Crippen molar-refractivity contribution in [2.24, 2.45) is 5.16 Å². The molecule has 27 heavy (non-hydrogen) atoms. The Labute approximate surface area is 169 Å². The second kappa shape index (κ2) is 10.1. The third-order valence-corrected chi connectivity index (χ3v) is 5.04. The van der Waals surface area contributed by atoms with Gasteiger partial charge in [0.25, 0.3) is 5.69 Å². The van der Waals surface area contributed by atoms with E-state index in [0.29, 0.717) is 26.1 Å². The maximum atomic E-state index is 11.2. The van der Waals surface area contributed by atoms with Crippen LogP contribution in [0, 0.1) is 10.1 Å². The van der Waals surface area contributed by atoms with Crippen LogP contribution in [-0.4, -0.2) is 30.0 Å². The maximum Gasteiger partial charge on any atom is 0.315 e. The number of esters is 1. The number of hydrogen-bond donors (Lipinski definition) is 0. The first-order valence-corrected chi connectivity index (χ1v) is 9.22. The van der Waals surface area contributed by atoms with Crippen LogP contribution in [-0.2, 0) is 21.0 Å². The van der Waals surface area contributed by atoms with Crippen molar-refractivity contribution in [2.45, 2.75) is 11.5 Å². The van der Waals surface area contributed by atoms with Crippen molar-refractivity contribution in [1.82, 2.24) is 0 Å². The van der Waals surface area contributed by atoms with Gasteiger partial charge in [-0.15, -0.1) is 11.8 Å². The summed E-state index contributed by atoms with van der Waals surface area (Å²) in [6.45, 7) is 0.0597. The van der Waals surface area contributed by atoms with E-state index >= 15 is 0 Å². The SMILES string of the molecule is COC(=O)CSc1ccc(C=NOCc2c(Cl)cccc2Cl)cc1[N+](=O)[O-]. The van der Waals surface area contributed by atoms with Gasteiger partial charge in [-0.05, 0) is 18.2 Å². The number of nitrogens with zero attached hydrogens (tertiary/aromatic N) is 2. The van der Waals surface area contributed by atoms with E-state index in [9.17, 15) is 14.9 Å². The molecule has 0 saturated heterocycles. The van der Waals surface area contributed by atoms with Crippen molar-refractivity contribution < 1.29 is 19.3 Å². The van der Waals surface area contributed by atoms with Crippen molar-refractivity contribution >= 4 is 52.8 Å². The number of thioether (sulfide) groups is 1. The quantitative estimate of drug-likeness (QED) is 0.198. The first-order valence-electron chi connectivity index (χ1n) is 7.48. The fraction of sp³-hybridized carbons (Fsp3) is 0.176. The standard InChI is InChI=1S/C17H14Cl2N2O5S/c1-25-17(22)10-27-16-6-5-11(7-15(16)21(23)24)8-20-26-9-12-13(18)3-2-4-14(12)19/h2-8H,9-10H2,1H3. The van der Waals surface area contributed by atoms with Gasteiger partial charge < -0.3 is 9.57 Å². The topological polar surface area (TPSA) is 91.0 Å². The lowest BCUT2D eigenvalue weighted by molar-refractivity contribution is -0.387. The predicted octanol–water partition coefficient (Wildman–Crippen LogP) is 4.72. The van der Waals surface area contributed by atoms with Crippen LogP contribution in [0.1, 0.15) is 11.1 Å². The number of nitro groups is 1. The molecular formula is C17H14Cl2N2O5S. The Morgan fingerprint density at radius 1 is 1.30 bits per heavy atom. The van der Waals surface area contributed by atoms with E-state index in [4.69, 9.17) is 28.0 Å². The Morgan fingerprint density at radius 2 is 2.00 bits per heavy atom. The van der Waals surface area contributed by atoms with Gasteiger partial charge in [0.1, 0.15) is 6.61 Å². The number of carbonyl (C=O) groups is 1. The van der Waals surface area contributed by atoms with Gasteiger partial charge in [-0.2, -0.15) is 0 Å². The van der Waals surface area contributed by atoms with Crippen LogP contribution >= 0.6 is 35.0 Å². The zero-order chi connectivity index (χ0) is 19.8. The first kappa shape index (κ1) is 21.0. The lowest BCUT2D eigenvalue weighted by atomic mass is 10.2. The van der Waals surface area contributed by atoms with Gasteiger partial charge in [0.15, 0.2) is 0 Å². The predicted molar refractivity (Wildman–Crippen MR) is 105 cm³/mol. The van der Waals surface area contributed by atoms with Gasteiger partial charge in [0.05, 0.1) is 28.9 Å². The molecule has 2 aromatic rings. The zero-order valence-electron chi connectivity index (χ0n) is 14.1. The summed E-state index contributed by atoms with van der Waals surface area (Å²) in [7, 11) is 1.26. The molecule has 0 aliphatic rings. The highest BCUT2D eigenvalue weighted by molar-refractivity contribution is 8.00. The van der Waals surface area contributed by atoms with Crippen LogP contribution in [0.3, 0.4) is 0 Å². The van der Waals surface area contributed by atoms with E-state index in [2.05, 4.69) is 9.89 Å². The molecule has 0 heterocycles. The lowest BCUT2D eigenvalue weighted by Gasteiger charge is -2.05. The molecule has 2 aromatic carbocycles. The molecule has 0 bridgehead atoms. The second-order valence-electron chi connectivity index (χ2n) is 5.06. The van der Waals surface area contributed by atoms with E-state index in [1.54, 1.807) is 24.3 Å². The number of carbonyl (C=O) groups excluding carboxylic acids is 1. The molecule has 0 spiro atoms. The molecule has 0 saturated carbocycles. The van der Waals surface area contributed by atoms with Crippen molar-refractivity contribution in [3.63, 3.8) is 0 Å². The summed E-state index contributed by atoms with van der Waals surface area (Å²) in [5.74, 6) is -0.487. The van der Waals surface area contributed by atoms with Gasteiger partial charge in [0, 0.05) is 27.2 Å². The van der Waals surface area contributed by atoms with Crippen LogP contribution in [0.2, 0.25) is 10.0 Å². The van der Waals surface area contributed by atoms with E-state index in [1.807, 2.05) is 0 Å². The van der Waals surface area contributed by atoms with E-state index in [0.717, 1.165) is 11.8 Å². The molecule has 10 heteroatoms. The Bertz CT molecular complexity index is 856. The van der Waals surface area contributed by atoms with Crippen LogP contribution in [0.15, 0.2) is 46.4 Å². The van der Waals surface area contributed by atoms with Crippen molar-refractivity contribution in [3.05, 3.63) is 67.7 Å². The molecule has 0 atom stereocenters. The van der Waals surface area contributed by atoms with Crippen LogP contribution in [0.4, 0.5) is 5.69 Å². The molecule has 0 radical (unpaired) electrons. The number of methoxy groups -OCH3 is 1. The fourth-order valence-electron chi connectivity index (χ4n) is 1.95. The molecule has 7 nitrogen and oxygen atoms in total. The third kappa shape index (κ3) is 6.13. The number of oxime groups is 1. The molecule has 2 rings (SSSR count). The number of hydrogen-bond acceptors (Lipinski definition) is 7. The highest BCUT2D eigenvalue weighted by Gasteiger charge is 2.16. The van der Waals surface area contributed by atoms with Gasteiger partial charge in [-0.25, -0.2) is 0 Å². The van der Waals surface area contributed by atoms with Gasteiger partial charge in [-0.3, -0.25) is 14.9 Å². The zero-order valence-corrected chi connectivity index (χ0v) is 16.4. The van der Waals surface area contributed by atoms with Crippen LogP contribution in [0.5, 0.6) is 0 Å². The monoisotopic (exact) mass is 428 g/mol. The first-order chi connectivity index (χ1) is 12.9. The molecule has 0 unspecified atom stereocenters. The molecular weight excluding hydrogens is 415 g/mol. The number of nitro benzene ring substituents is 1. The van der Waals surface area contributed by atoms with Crippen molar-refractivity contribution in [3.8, 4) is 0 Å². The Morgan fingerprint density at radius 3 is 2.63 bits per heavy atom. The Balaban J connectivity index is 2.05. The van der Waals surface area contributed by atoms with Gasteiger partial charge in [-0.1, -0.05) is 40.5 Å². The van der Waals surface area contributed by atoms with Crippen LogP contribution < -0.4 is 0 Å². The summed E-state index contributed by atoms with van der Waals surface area (Å²) < 4.78 is 4.53. The molecule has 0 fully saturated rings. The highest BCUT2D eigenvalue weighted by atomic mass is 35.5. The summed E-state index contributed by atoms with van der Waals surface area (Å²) in [4.78, 5) is 27.5. The van der Waals surface area contributed by atoms with Crippen LogP contribution in [0.25, 0.3) is 0 Å². The summed E-state index contributed by atoms with van der Waals surface area (Å²) in [6, 6.07) is 9.60. The number of rotatable bonds is 8. The Kier molecular flexibility index (Phi) is 7.90. The minimum atomic E-state index is -0.526. The minimum absolute atomic E-state index is 0.0213. The van der Waals surface area contributed by atoms with Crippen molar-refractivity contribution in [1.29, 1.82) is 0 Å². The molecule has 0 aromatic heterocycles. The third-order valence-electron chi connectivity index (χ3n) is 3.30. The summed E-state index contributed by atoms with van der Waals surface area (Å²) in [5, 5.41) is 16.0. The number of ether oxygens (including phenoxy) is 1. The largest absolute Gasteiger partial charge is 0.468 e. The van der Waals surface area contributed by atoms with E-state index in [-0.39, 0.29) is 18.0 Å². The normalized spacial score (nSPS) is 10.8. The summed E-state index contributed by atoms with van der Waals surface area (Å²) in [5.41, 5.74) is 0.926. The summed E-state index contributed by atoms with van der Waals surface area (Å²) in [6.07, 6.45) is 1.34.